The van der Waals surface area contributed by atoms with Crippen LogP contribution in [0.1, 0.15) is 20.8 Å². The van der Waals surface area contributed by atoms with Crippen molar-refractivity contribution < 1.29 is 0 Å². The smallest absolute Gasteiger partial charge is 0.0752 e. The Morgan fingerprint density at radius 3 is 2.15 bits per heavy atom. The summed E-state index contributed by atoms with van der Waals surface area (Å²) in [5.74, 6) is 5.93. The number of nitrogens with zero attached hydrogens (tertiary/aromatic N) is 1. The summed E-state index contributed by atoms with van der Waals surface area (Å²) >= 11 is 0. The van der Waals surface area contributed by atoms with Gasteiger partial charge in [-0.25, -0.2) is 5.84 Å². The minimum atomic E-state index is -0.116. The topological polar surface area (TPSA) is 55.3 Å². The molecular weight excluding hydrogens is 162 g/mol. The Morgan fingerprint density at radius 2 is 1.69 bits per heavy atom. The van der Waals surface area contributed by atoms with Crippen molar-refractivity contribution in [2.75, 3.05) is 10.7 Å². The zero-order chi connectivity index (χ0) is 10.1. The van der Waals surface area contributed by atoms with E-state index in [0.29, 0.717) is 5.69 Å². The summed E-state index contributed by atoms with van der Waals surface area (Å²) in [7, 11) is 0. The van der Waals surface area contributed by atoms with Crippen LogP contribution in [0, 0.1) is 0 Å². The molecule has 0 aliphatic rings. The van der Waals surface area contributed by atoms with Crippen molar-refractivity contribution >= 4 is 11.4 Å². The lowest BCUT2D eigenvalue weighted by Gasteiger charge is -2.33. The molecule has 0 aliphatic carbocycles. The van der Waals surface area contributed by atoms with Crippen molar-refractivity contribution in [3.63, 3.8) is 0 Å². The van der Waals surface area contributed by atoms with Gasteiger partial charge in [-0.1, -0.05) is 12.1 Å². The quantitative estimate of drug-likeness (QED) is 0.392. The van der Waals surface area contributed by atoms with E-state index in [1.54, 1.807) is 5.01 Å². The maximum atomic E-state index is 5.93. The predicted molar refractivity (Wildman–Crippen MR) is 57.3 cm³/mol. The molecule has 72 valence electrons. The van der Waals surface area contributed by atoms with Crippen molar-refractivity contribution in [3.05, 3.63) is 24.3 Å². The first-order chi connectivity index (χ1) is 5.93. The Kier molecular flexibility index (Phi) is 2.48. The number of nitrogens with two attached hydrogens (primary N) is 2. The molecule has 13 heavy (non-hydrogen) atoms. The average Bonchev–Trinajstić information content (AvgIpc) is 2.02. The summed E-state index contributed by atoms with van der Waals surface area (Å²) in [6.45, 7) is 6.12. The molecule has 3 nitrogen and oxygen atoms in total. The van der Waals surface area contributed by atoms with E-state index in [4.69, 9.17) is 11.6 Å². The lowest BCUT2D eigenvalue weighted by Crippen LogP contribution is -2.47. The molecule has 4 N–H and O–H groups in total. The van der Waals surface area contributed by atoms with Crippen LogP contribution in [0.25, 0.3) is 0 Å². The van der Waals surface area contributed by atoms with Gasteiger partial charge in [-0.05, 0) is 32.9 Å². The normalized spacial score (nSPS) is 11.4. The molecule has 1 rings (SSSR count). The summed E-state index contributed by atoms with van der Waals surface area (Å²) in [4.78, 5) is 0. The highest BCUT2D eigenvalue weighted by Gasteiger charge is 2.19. The van der Waals surface area contributed by atoms with Crippen molar-refractivity contribution in [3.8, 4) is 0 Å². The number of benzene rings is 1. The van der Waals surface area contributed by atoms with Crippen molar-refractivity contribution in [1.29, 1.82) is 0 Å². The second-order valence-electron chi connectivity index (χ2n) is 4.10. The second kappa shape index (κ2) is 3.26. The molecule has 0 unspecified atom stereocenters. The molecule has 0 saturated heterocycles. The molecule has 0 bridgehead atoms. The Bertz CT molecular complexity index is 288. The Labute approximate surface area is 79.3 Å². The van der Waals surface area contributed by atoms with Crippen LogP contribution in [-0.2, 0) is 0 Å². The van der Waals surface area contributed by atoms with Crippen LogP contribution in [0.3, 0.4) is 0 Å². The van der Waals surface area contributed by atoms with E-state index in [1.165, 1.54) is 0 Å². The summed E-state index contributed by atoms with van der Waals surface area (Å²) in [5.41, 5.74) is 7.26. The van der Waals surface area contributed by atoms with Gasteiger partial charge in [0.25, 0.3) is 0 Å². The van der Waals surface area contributed by atoms with Crippen LogP contribution in [-0.4, -0.2) is 5.54 Å². The Hall–Kier alpha value is -1.22. The standard InChI is InChI=1S/C10H17N3/c1-10(2,3)13(12)9-7-5-4-6-8(9)11/h4-7H,11-12H2,1-3H3. The third-order valence-electron chi connectivity index (χ3n) is 1.92. The number of para-hydroxylation sites is 2. The van der Waals surface area contributed by atoms with Crippen LogP contribution < -0.4 is 16.6 Å². The number of hydrogen-bond acceptors (Lipinski definition) is 3. The molecule has 0 saturated carbocycles. The SMILES string of the molecule is CC(C)(C)N(N)c1ccccc1N. The van der Waals surface area contributed by atoms with Crippen LogP contribution in [0.2, 0.25) is 0 Å². The van der Waals surface area contributed by atoms with Crippen LogP contribution in [0.4, 0.5) is 11.4 Å². The molecule has 0 fully saturated rings. The number of anilines is 2. The molecule has 0 aliphatic heterocycles. The first-order valence-corrected chi connectivity index (χ1v) is 4.32. The minimum absolute atomic E-state index is 0.116. The van der Waals surface area contributed by atoms with Crippen LogP contribution in [0.15, 0.2) is 24.3 Å². The monoisotopic (exact) mass is 179 g/mol. The molecule has 0 aromatic heterocycles. The molecular formula is C10H17N3. The molecule has 1 aromatic carbocycles. The van der Waals surface area contributed by atoms with E-state index in [1.807, 2.05) is 45.0 Å². The van der Waals surface area contributed by atoms with Crippen LogP contribution in [0.5, 0.6) is 0 Å². The Morgan fingerprint density at radius 1 is 1.15 bits per heavy atom. The van der Waals surface area contributed by atoms with Gasteiger partial charge in [0.05, 0.1) is 11.4 Å². The highest BCUT2D eigenvalue weighted by atomic mass is 15.4. The van der Waals surface area contributed by atoms with Crippen LogP contribution >= 0.6 is 0 Å². The third kappa shape index (κ3) is 2.12. The molecule has 0 spiro atoms. The van der Waals surface area contributed by atoms with Crippen molar-refractivity contribution in [2.24, 2.45) is 5.84 Å². The fraction of sp³-hybridized carbons (Fsp3) is 0.400. The average molecular weight is 179 g/mol. The van der Waals surface area contributed by atoms with E-state index in [2.05, 4.69) is 0 Å². The maximum Gasteiger partial charge on any atom is 0.0752 e. The summed E-state index contributed by atoms with van der Waals surface area (Å²) in [5, 5.41) is 1.68. The van der Waals surface area contributed by atoms with E-state index in [-0.39, 0.29) is 5.54 Å². The number of hydrogen-bond donors (Lipinski definition) is 2. The lowest BCUT2D eigenvalue weighted by atomic mass is 10.1. The summed E-state index contributed by atoms with van der Waals surface area (Å²) in [6.07, 6.45) is 0. The van der Waals surface area contributed by atoms with E-state index >= 15 is 0 Å². The summed E-state index contributed by atoms with van der Waals surface area (Å²) in [6, 6.07) is 7.59. The fourth-order valence-electron chi connectivity index (χ4n) is 1.07. The molecule has 3 heteroatoms. The second-order valence-corrected chi connectivity index (χ2v) is 4.10. The lowest BCUT2D eigenvalue weighted by molar-refractivity contribution is 0.514. The van der Waals surface area contributed by atoms with Crippen molar-refractivity contribution in [2.45, 2.75) is 26.3 Å². The van der Waals surface area contributed by atoms with Gasteiger partial charge in [0, 0.05) is 5.54 Å². The number of hydrazine groups is 1. The first kappa shape index (κ1) is 9.86. The first-order valence-electron chi connectivity index (χ1n) is 4.32. The zero-order valence-corrected chi connectivity index (χ0v) is 8.41. The predicted octanol–water partition coefficient (Wildman–Crippen LogP) is 1.75. The molecule has 0 amide bonds. The molecule has 0 heterocycles. The van der Waals surface area contributed by atoms with E-state index < -0.39 is 0 Å². The van der Waals surface area contributed by atoms with Gasteiger partial charge in [0.2, 0.25) is 0 Å². The third-order valence-corrected chi connectivity index (χ3v) is 1.92. The highest BCUT2D eigenvalue weighted by Crippen LogP contribution is 2.25. The van der Waals surface area contributed by atoms with Gasteiger partial charge in [-0.3, -0.25) is 0 Å². The molecule has 0 radical (unpaired) electrons. The van der Waals surface area contributed by atoms with Gasteiger partial charge < -0.3 is 10.7 Å². The summed E-state index contributed by atoms with van der Waals surface area (Å²) < 4.78 is 0. The van der Waals surface area contributed by atoms with E-state index in [0.717, 1.165) is 5.69 Å². The largest absolute Gasteiger partial charge is 0.397 e. The van der Waals surface area contributed by atoms with E-state index in [9.17, 15) is 0 Å². The minimum Gasteiger partial charge on any atom is -0.397 e. The van der Waals surface area contributed by atoms with Gasteiger partial charge in [0.1, 0.15) is 0 Å². The number of nitrogen functional groups attached to an aromatic ring is 1. The number of rotatable bonds is 1. The fourth-order valence-corrected chi connectivity index (χ4v) is 1.07. The maximum absolute atomic E-state index is 5.93. The zero-order valence-electron chi connectivity index (χ0n) is 8.41. The van der Waals surface area contributed by atoms with Gasteiger partial charge in [-0.15, -0.1) is 0 Å². The van der Waals surface area contributed by atoms with Gasteiger partial charge in [0.15, 0.2) is 0 Å². The van der Waals surface area contributed by atoms with Crippen molar-refractivity contribution in [1.82, 2.24) is 0 Å². The Balaban J connectivity index is 3.02. The van der Waals surface area contributed by atoms with Gasteiger partial charge in [-0.2, -0.15) is 0 Å². The molecule has 0 atom stereocenters. The highest BCUT2D eigenvalue weighted by molar-refractivity contribution is 5.67. The molecule has 1 aromatic rings. The van der Waals surface area contributed by atoms with Gasteiger partial charge >= 0.3 is 0 Å².